The first kappa shape index (κ1) is 18.2. The monoisotopic (exact) mass is 382 g/mol. The van der Waals surface area contributed by atoms with Crippen LogP contribution in [0.3, 0.4) is 0 Å². The first-order valence-electron chi connectivity index (χ1n) is 7.40. The van der Waals surface area contributed by atoms with E-state index in [2.05, 4.69) is 9.71 Å². The zero-order chi connectivity index (χ0) is 18.8. The molecule has 0 amide bonds. The summed E-state index contributed by atoms with van der Waals surface area (Å²) in [5.41, 5.74) is 0.349. The molecule has 9 heteroatoms. The van der Waals surface area contributed by atoms with Crippen LogP contribution in [0.2, 0.25) is 0 Å². The molecule has 2 heterocycles. The van der Waals surface area contributed by atoms with Crippen molar-refractivity contribution in [2.45, 2.75) is 17.6 Å². The Hall–Kier alpha value is -2.65. The quantitative estimate of drug-likeness (QED) is 0.728. The zero-order valence-electron chi connectivity index (χ0n) is 13.2. The number of aromatic nitrogens is 1. The van der Waals surface area contributed by atoms with E-state index >= 15 is 0 Å². The summed E-state index contributed by atoms with van der Waals surface area (Å²) in [6, 6.07) is 8.47. The van der Waals surface area contributed by atoms with Crippen molar-refractivity contribution < 1.29 is 26.0 Å². The van der Waals surface area contributed by atoms with Crippen LogP contribution >= 0.6 is 0 Å². The molecule has 0 aliphatic heterocycles. The van der Waals surface area contributed by atoms with Crippen LogP contribution in [0.1, 0.15) is 11.1 Å². The Morgan fingerprint density at radius 1 is 1.08 bits per heavy atom. The average molecular weight is 382 g/mol. The van der Waals surface area contributed by atoms with Crippen LogP contribution in [-0.4, -0.2) is 13.4 Å². The van der Waals surface area contributed by atoms with Gasteiger partial charge in [-0.05, 0) is 48.0 Å². The molecule has 2 aromatic heterocycles. The molecule has 1 N–H and O–H groups in total. The molecule has 5 nitrogen and oxygen atoms in total. The van der Waals surface area contributed by atoms with E-state index in [1.165, 1.54) is 12.5 Å². The van der Waals surface area contributed by atoms with Gasteiger partial charge in [0.2, 0.25) is 10.0 Å². The molecule has 0 radical (unpaired) electrons. The first-order chi connectivity index (χ1) is 12.3. The van der Waals surface area contributed by atoms with Crippen molar-refractivity contribution in [3.05, 3.63) is 72.2 Å². The van der Waals surface area contributed by atoms with Crippen LogP contribution in [0, 0.1) is 0 Å². The Morgan fingerprint density at radius 2 is 1.81 bits per heavy atom. The highest BCUT2D eigenvalue weighted by Crippen LogP contribution is 2.29. The minimum absolute atomic E-state index is 0.0646. The van der Waals surface area contributed by atoms with E-state index in [1.807, 2.05) is 0 Å². The Bertz CT molecular complexity index is 983. The Balaban J connectivity index is 1.73. The van der Waals surface area contributed by atoms with E-state index in [9.17, 15) is 21.6 Å². The topological polar surface area (TPSA) is 72.2 Å². The third-order valence-electron chi connectivity index (χ3n) is 3.56. The van der Waals surface area contributed by atoms with Crippen molar-refractivity contribution in [3.63, 3.8) is 0 Å². The van der Waals surface area contributed by atoms with Crippen molar-refractivity contribution in [3.8, 4) is 11.3 Å². The molecule has 0 unspecified atom stereocenters. The van der Waals surface area contributed by atoms with Crippen LogP contribution in [-0.2, 0) is 22.7 Å². The second-order valence-corrected chi connectivity index (χ2v) is 7.17. The predicted molar refractivity (Wildman–Crippen MR) is 87.4 cm³/mol. The number of hydrogen-bond donors (Lipinski definition) is 1. The maximum Gasteiger partial charge on any atom is 0.416 e. The van der Waals surface area contributed by atoms with Crippen molar-refractivity contribution >= 4 is 10.0 Å². The van der Waals surface area contributed by atoms with Gasteiger partial charge >= 0.3 is 6.18 Å². The number of pyridine rings is 1. The molecule has 0 saturated carbocycles. The number of benzene rings is 1. The lowest BCUT2D eigenvalue weighted by Crippen LogP contribution is -2.23. The van der Waals surface area contributed by atoms with E-state index in [0.717, 1.165) is 24.3 Å². The van der Waals surface area contributed by atoms with Gasteiger partial charge in [-0.15, -0.1) is 0 Å². The molecule has 0 atom stereocenters. The van der Waals surface area contributed by atoms with E-state index in [4.69, 9.17) is 4.42 Å². The smallest absolute Gasteiger partial charge is 0.416 e. The maximum absolute atomic E-state index is 12.6. The lowest BCUT2D eigenvalue weighted by atomic mass is 10.2. The summed E-state index contributed by atoms with van der Waals surface area (Å²) < 4.78 is 69.8. The Kier molecular flexibility index (Phi) is 4.84. The number of nitrogens with zero attached hydrogens (tertiary/aromatic N) is 1. The summed E-state index contributed by atoms with van der Waals surface area (Å²) >= 11 is 0. The summed E-state index contributed by atoms with van der Waals surface area (Å²) in [5.74, 6) is 0.588. The second kappa shape index (κ2) is 6.93. The summed E-state index contributed by atoms with van der Waals surface area (Å²) in [6.07, 6.45) is 0.0530. The van der Waals surface area contributed by atoms with Crippen molar-refractivity contribution in [1.82, 2.24) is 9.71 Å². The Morgan fingerprint density at radius 3 is 2.42 bits per heavy atom. The number of furan rings is 1. The molecule has 0 saturated heterocycles. The number of halogens is 3. The van der Waals surface area contributed by atoms with Gasteiger partial charge in [0.15, 0.2) is 0 Å². The van der Waals surface area contributed by atoms with Crippen LogP contribution in [0.5, 0.6) is 0 Å². The third kappa shape index (κ3) is 4.12. The molecular weight excluding hydrogens is 369 g/mol. The maximum atomic E-state index is 12.6. The van der Waals surface area contributed by atoms with E-state index in [0.29, 0.717) is 16.9 Å². The summed E-state index contributed by atoms with van der Waals surface area (Å²) in [5, 5.41) is 0. The highest BCUT2D eigenvalue weighted by atomic mass is 32.2. The normalized spacial score (nSPS) is 12.3. The largest absolute Gasteiger partial charge is 0.464 e. The number of nitrogens with one attached hydrogen (secondary N) is 1. The predicted octanol–water partition coefficient (Wildman–Crippen LogP) is 3.84. The molecule has 26 heavy (non-hydrogen) atoms. The van der Waals surface area contributed by atoms with Gasteiger partial charge in [0.25, 0.3) is 0 Å². The molecule has 0 bridgehead atoms. The lowest BCUT2D eigenvalue weighted by Gasteiger charge is -2.10. The van der Waals surface area contributed by atoms with Gasteiger partial charge < -0.3 is 4.42 Å². The average Bonchev–Trinajstić information content (AvgIpc) is 3.14. The van der Waals surface area contributed by atoms with Gasteiger partial charge in [0.05, 0.1) is 16.7 Å². The molecule has 0 fully saturated rings. The van der Waals surface area contributed by atoms with Crippen LogP contribution in [0.15, 0.2) is 70.4 Å². The molecule has 0 aliphatic carbocycles. The molecular formula is C17H13F3N2O3S. The molecule has 1 aromatic carbocycles. The summed E-state index contributed by atoms with van der Waals surface area (Å²) in [4.78, 5) is 3.78. The van der Waals surface area contributed by atoms with Gasteiger partial charge in [-0.25, -0.2) is 13.1 Å². The standard InChI is InChI=1S/C17H13F3N2O3S/c18-17(19,20)14-3-5-15(6-4-14)26(23,24)22-10-12-8-13(11-21-9-12)16-2-1-7-25-16/h1-9,11,22H,10H2. The number of sulfonamides is 1. The number of alkyl halides is 3. The minimum atomic E-state index is -4.52. The van der Waals surface area contributed by atoms with E-state index < -0.39 is 21.8 Å². The first-order valence-corrected chi connectivity index (χ1v) is 8.89. The fourth-order valence-corrected chi connectivity index (χ4v) is 3.26. The molecule has 3 aromatic rings. The SMILES string of the molecule is O=S(=O)(NCc1cncc(-c2ccco2)c1)c1ccc(C(F)(F)F)cc1. The van der Waals surface area contributed by atoms with E-state index in [-0.39, 0.29) is 11.4 Å². The molecule has 136 valence electrons. The van der Waals surface area contributed by atoms with Crippen molar-refractivity contribution in [1.29, 1.82) is 0 Å². The van der Waals surface area contributed by atoms with Crippen LogP contribution < -0.4 is 4.72 Å². The number of rotatable bonds is 5. The van der Waals surface area contributed by atoms with Gasteiger partial charge in [0, 0.05) is 24.5 Å². The molecule has 0 spiro atoms. The van der Waals surface area contributed by atoms with Crippen molar-refractivity contribution in [2.75, 3.05) is 0 Å². The van der Waals surface area contributed by atoms with Crippen molar-refractivity contribution in [2.24, 2.45) is 0 Å². The van der Waals surface area contributed by atoms with Crippen LogP contribution in [0.25, 0.3) is 11.3 Å². The van der Waals surface area contributed by atoms with Crippen LogP contribution in [0.4, 0.5) is 13.2 Å². The van der Waals surface area contributed by atoms with Gasteiger partial charge in [-0.1, -0.05) is 0 Å². The highest BCUT2D eigenvalue weighted by molar-refractivity contribution is 7.89. The third-order valence-corrected chi connectivity index (χ3v) is 4.98. The highest BCUT2D eigenvalue weighted by Gasteiger charge is 2.30. The minimum Gasteiger partial charge on any atom is -0.464 e. The van der Waals surface area contributed by atoms with Gasteiger partial charge in [-0.2, -0.15) is 13.2 Å². The number of hydrogen-bond acceptors (Lipinski definition) is 4. The van der Waals surface area contributed by atoms with Gasteiger partial charge in [-0.3, -0.25) is 4.98 Å². The molecule has 0 aliphatic rings. The summed E-state index contributed by atoms with van der Waals surface area (Å²) in [7, 11) is -3.96. The molecule has 3 rings (SSSR count). The summed E-state index contributed by atoms with van der Waals surface area (Å²) in [6.45, 7) is -0.0646. The van der Waals surface area contributed by atoms with Gasteiger partial charge in [0.1, 0.15) is 5.76 Å². The second-order valence-electron chi connectivity index (χ2n) is 5.41. The zero-order valence-corrected chi connectivity index (χ0v) is 14.0. The Labute approximate surface area is 147 Å². The van der Waals surface area contributed by atoms with E-state index in [1.54, 1.807) is 24.4 Å². The lowest BCUT2D eigenvalue weighted by molar-refractivity contribution is -0.137. The fraction of sp³-hybridized carbons (Fsp3) is 0.118. The fourth-order valence-electron chi connectivity index (χ4n) is 2.25.